The summed E-state index contributed by atoms with van der Waals surface area (Å²) >= 11 is 0. The molecule has 0 aromatic heterocycles. The summed E-state index contributed by atoms with van der Waals surface area (Å²) in [6.45, 7) is 15.3. The van der Waals surface area contributed by atoms with Gasteiger partial charge in [0, 0.05) is 64.3 Å². The van der Waals surface area contributed by atoms with Gasteiger partial charge < -0.3 is 53.8 Å². The number of amides is 5. The predicted molar refractivity (Wildman–Crippen MR) is 227 cm³/mol. The van der Waals surface area contributed by atoms with Gasteiger partial charge in [0.2, 0.25) is 29.5 Å². The quantitative estimate of drug-likeness (QED) is 0.0593. The zero-order valence-corrected chi connectivity index (χ0v) is 37.8. The zero-order chi connectivity index (χ0) is 44.9. The van der Waals surface area contributed by atoms with E-state index in [0.29, 0.717) is 144 Å². The van der Waals surface area contributed by atoms with E-state index >= 15 is 0 Å². The molecule has 1 aliphatic rings. The summed E-state index contributed by atoms with van der Waals surface area (Å²) < 4.78 is 43.0. The first-order chi connectivity index (χ1) is 29.5. The Balaban J connectivity index is 2.12. The molecule has 1 fully saturated rings. The van der Waals surface area contributed by atoms with Gasteiger partial charge in [0.1, 0.15) is 11.8 Å². The number of hydrogen-bond acceptors (Lipinski definition) is 14. The monoisotopic (exact) mass is 875 g/mol. The van der Waals surface area contributed by atoms with Gasteiger partial charge in [0.25, 0.3) is 0 Å². The van der Waals surface area contributed by atoms with Crippen LogP contribution in [0.3, 0.4) is 0 Å². The molecule has 5 amide bonds. The fourth-order valence-corrected chi connectivity index (χ4v) is 5.97. The molecule has 18 heteroatoms. The molecule has 0 spiro atoms. The molecule has 0 aliphatic carbocycles. The Labute approximate surface area is 363 Å². The van der Waals surface area contributed by atoms with Gasteiger partial charge in [0.05, 0.1) is 99.1 Å². The first-order valence-electron chi connectivity index (χ1n) is 22.2. The summed E-state index contributed by atoms with van der Waals surface area (Å²) in [5.41, 5.74) is 0. The van der Waals surface area contributed by atoms with Crippen LogP contribution >= 0.6 is 0 Å². The number of carbonyl (C=O) groups excluding carboxylic acids is 6. The summed E-state index contributed by atoms with van der Waals surface area (Å²) in [7, 11) is 1.63. The van der Waals surface area contributed by atoms with Crippen molar-refractivity contribution >= 4 is 35.3 Å². The number of carbonyl (C=O) groups is 6. The van der Waals surface area contributed by atoms with Crippen molar-refractivity contribution in [2.24, 2.45) is 17.8 Å². The van der Waals surface area contributed by atoms with Gasteiger partial charge in [-0.05, 0) is 38.0 Å². The molecule has 61 heavy (non-hydrogen) atoms. The van der Waals surface area contributed by atoms with Crippen molar-refractivity contribution in [3.63, 3.8) is 0 Å². The van der Waals surface area contributed by atoms with E-state index in [2.05, 4.69) is 16.0 Å². The maximum Gasteiger partial charge on any atom is 0.242 e. The Bertz CT molecular complexity index is 1210. The second-order valence-corrected chi connectivity index (χ2v) is 15.4. The summed E-state index contributed by atoms with van der Waals surface area (Å²) in [6, 6.07) is -0.780. The number of methoxy groups -OCH3 is 1. The Morgan fingerprint density at radius 1 is 0.590 bits per heavy atom. The van der Waals surface area contributed by atoms with Crippen LogP contribution in [0.4, 0.5) is 0 Å². The number of nitrogens with zero attached hydrogens (tertiary/aromatic N) is 1. The van der Waals surface area contributed by atoms with Crippen LogP contribution in [0.5, 0.6) is 0 Å². The lowest BCUT2D eigenvalue weighted by molar-refractivity contribution is -0.140. The molecule has 1 aliphatic heterocycles. The highest BCUT2D eigenvalue weighted by molar-refractivity contribution is 6.03. The van der Waals surface area contributed by atoms with Gasteiger partial charge in [-0.1, -0.05) is 34.1 Å². The molecule has 0 saturated carbocycles. The van der Waals surface area contributed by atoms with E-state index in [1.807, 2.05) is 13.8 Å². The highest BCUT2D eigenvalue weighted by atomic mass is 16.6. The highest BCUT2D eigenvalue weighted by Gasteiger charge is 2.39. The lowest BCUT2D eigenvalue weighted by Crippen LogP contribution is -2.47. The number of nitrogens with one attached hydrogen (secondary N) is 3. The third kappa shape index (κ3) is 29.8. The van der Waals surface area contributed by atoms with E-state index in [1.165, 1.54) is 4.90 Å². The van der Waals surface area contributed by atoms with E-state index in [1.54, 1.807) is 21.0 Å². The van der Waals surface area contributed by atoms with Crippen molar-refractivity contribution in [2.45, 2.75) is 97.9 Å². The first kappa shape index (κ1) is 55.9. The number of hydrogen-bond donors (Lipinski definition) is 3. The van der Waals surface area contributed by atoms with Crippen LogP contribution in [0.15, 0.2) is 0 Å². The predicted octanol–water partition coefficient (Wildman–Crippen LogP) is 2.23. The number of ketones is 1. The Morgan fingerprint density at radius 2 is 1.11 bits per heavy atom. The van der Waals surface area contributed by atoms with Crippen LogP contribution in [0.1, 0.15) is 91.9 Å². The van der Waals surface area contributed by atoms with Crippen molar-refractivity contribution in [3.8, 4) is 0 Å². The molecule has 0 aromatic rings. The molecule has 0 aromatic carbocycles. The third-order valence-electron chi connectivity index (χ3n) is 9.71. The Kier molecular flexibility index (Phi) is 34.3. The average molecular weight is 875 g/mol. The maximum absolute atomic E-state index is 13.0. The molecule has 1 rings (SSSR count). The zero-order valence-electron chi connectivity index (χ0n) is 37.8. The molecule has 354 valence electrons. The first-order valence-corrected chi connectivity index (χ1v) is 22.2. The summed E-state index contributed by atoms with van der Waals surface area (Å²) in [5.74, 6) is -1.26. The third-order valence-corrected chi connectivity index (χ3v) is 9.71. The molecule has 2 atom stereocenters. The fourth-order valence-electron chi connectivity index (χ4n) is 5.97. The highest BCUT2D eigenvalue weighted by Crippen LogP contribution is 2.26. The molecule has 0 radical (unpaired) electrons. The van der Waals surface area contributed by atoms with Crippen LogP contribution in [0.25, 0.3) is 0 Å². The molecule has 1 unspecified atom stereocenters. The number of Topliss-reactive ketones (excluding diaryl/α,β-unsaturated/α-hetero) is 1. The summed E-state index contributed by atoms with van der Waals surface area (Å²) in [4.78, 5) is 76.3. The number of imide groups is 1. The molecular weight excluding hydrogens is 796 g/mol. The van der Waals surface area contributed by atoms with E-state index in [4.69, 9.17) is 37.9 Å². The average Bonchev–Trinajstić information content (AvgIpc) is 3.52. The Morgan fingerprint density at radius 3 is 1.61 bits per heavy atom. The smallest absolute Gasteiger partial charge is 0.242 e. The van der Waals surface area contributed by atoms with Gasteiger partial charge in [-0.15, -0.1) is 0 Å². The van der Waals surface area contributed by atoms with Crippen molar-refractivity contribution in [2.75, 3.05) is 126 Å². The Hall–Kier alpha value is -3.10. The van der Waals surface area contributed by atoms with Crippen LogP contribution in [-0.2, 0) is 66.7 Å². The molecule has 0 bridgehead atoms. The minimum Gasteiger partial charge on any atom is -0.382 e. The van der Waals surface area contributed by atoms with Crippen LogP contribution in [0.2, 0.25) is 0 Å². The molecule has 1 saturated heterocycles. The number of ether oxygens (including phenoxy) is 8. The number of likely N-dealkylation sites (tertiary alicyclic amines) is 1. The normalized spacial score (nSPS) is 14.6. The van der Waals surface area contributed by atoms with Gasteiger partial charge in [-0.25, -0.2) is 0 Å². The topological polar surface area (TPSA) is 216 Å². The lowest BCUT2D eigenvalue weighted by atomic mass is 9.94. The van der Waals surface area contributed by atoms with Crippen LogP contribution < -0.4 is 16.0 Å². The van der Waals surface area contributed by atoms with Crippen molar-refractivity contribution in [1.29, 1.82) is 0 Å². The van der Waals surface area contributed by atoms with Gasteiger partial charge in [-0.3, -0.25) is 33.7 Å². The van der Waals surface area contributed by atoms with Crippen molar-refractivity contribution < 1.29 is 66.7 Å². The molecule has 18 nitrogen and oxygen atoms in total. The lowest BCUT2D eigenvalue weighted by Gasteiger charge is -2.19. The van der Waals surface area contributed by atoms with Crippen LogP contribution in [-0.4, -0.2) is 172 Å². The second-order valence-electron chi connectivity index (χ2n) is 15.4. The van der Waals surface area contributed by atoms with E-state index in [-0.39, 0.29) is 91.9 Å². The largest absolute Gasteiger partial charge is 0.382 e. The SMILES string of the molecule is COCCOCCOCCOCCOCCOCCOCCOCCC(=O)NCCCC[C@H](NC(=O)CCCCCN1C(=O)CC(C(C)C)C1=O)C(=O)NCCC(=O)C(C)C. The van der Waals surface area contributed by atoms with E-state index < -0.39 is 6.04 Å². The minimum atomic E-state index is -0.780. The molecule has 3 N–H and O–H groups in total. The number of unbranched alkanes of at least 4 members (excludes halogenated alkanes) is 3. The standard InChI is InChI=1S/C43H78N4O14/c1-34(2)36-33-41(51)47(43(36)53)17-10-6-7-12-40(50)46-37(42(52)45-16-13-38(48)35(3)4)11-8-9-15-44-39(49)14-18-55-21-22-57-25-26-59-29-30-61-32-31-60-28-27-58-24-23-56-20-19-54-5/h34-37H,6-33H2,1-5H3,(H,44,49)(H,45,52)(H,46,50)/t36?,37-/m0/s1. The van der Waals surface area contributed by atoms with Crippen molar-refractivity contribution in [3.05, 3.63) is 0 Å². The number of rotatable bonds is 42. The van der Waals surface area contributed by atoms with Crippen molar-refractivity contribution in [1.82, 2.24) is 20.9 Å². The van der Waals surface area contributed by atoms with E-state index in [9.17, 15) is 28.8 Å². The van der Waals surface area contributed by atoms with Gasteiger partial charge >= 0.3 is 0 Å². The fraction of sp³-hybridized carbons (Fsp3) is 0.860. The minimum absolute atomic E-state index is 0.0423. The summed E-state index contributed by atoms with van der Waals surface area (Å²) in [5, 5.41) is 8.46. The second kappa shape index (κ2) is 37.5. The van der Waals surface area contributed by atoms with Crippen LogP contribution in [0, 0.1) is 17.8 Å². The van der Waals surface area contributed by atoms with E-state index in [0.717, 1.165) is 0 Å². The van der Waals surface area contributed by atoms with Gasteiger partial charge in [-0.2, -0.15) is 0 Å². The molecule has 1 heterocycles. The van der Waals surface area contributed by atoms with Gasteiger partial charge in [0.15, 0.2) is 0 Å². The maximum atomic E-state index is 13.0. The molecular formula is C43H78N4O14. The summed E-state index contributed by atoms with van der Waals surface area (Å²) in [6.07, 6.45) is 4.21.